The molecule has 0 radical (unpaired) electrons. The van der Waals surface area contributed by atoms with Crippen LogP contribution in [0.3, 0.4) is 0 Å². The van der Waals surface area contributed by atoms with Crippen LogP contribution in [0.2, 0.25) is 0 Å². The van der Waals surface area contributed by atoms with Gasteiger partial charge in [-0.05, 0) is 30.7 Å². The maximum absolute atomic E-state index is 13.2. The van der Waals surface area contributed by atoms with Crippen LogP contribution in [0.25, 0.3) is 0 Å². The fourth-order valence-corrected chi connectivity index (χ4v) is 2.90. The lowest BCUT2D eigenvalue weighted by Gasteiger charge is -2.27. The third kappa shape index (κ3) is 2.92. The second-order valence-electron chi connectivity index (χ2n) is 5.60. The third-order valence-electron chi connectivity index (χ3n) is 4.38. The summed E-state index contributed by atoms with van der Waals surface area (Å²) in [6.45, 7) is 2.67. The summed E-state index contributed by atoms with van der Waals surface area (Å²) >= 11 is 0. The van der Waals surface area contributed by atoms with Gasteiger partial charge < -0.3 is 11.1 Å². The van der Waals surface area contributed by atoms with Crippen LogP contribution in [0.4, 0.5) is 14.5 Å². The van der Waals surface area contributed by atoms with Gasteiger partial charge in [-0.25, -0.2) is 8.78 Å². The number of amides is 1. The van der Waals surface area contributed by atoms with Gasteiger partial charge in [-0.2, -0.15) is 0 Å². The number of halogens is 2. The molecule has 20 heavy (non-hydrogen) atoms. The fourth-order valence-electron chi connectivity index (χ4n) is 2.90. The van der Waals surface area contributed by atoms with E-state index in [0.29, 0.717) is 6.54 Å². The first-order chi connectivity index (χ1) is 9.47. The van der Waals surface area contributed by atoms with E-state index in [1.54, 1.807) is 0 Å². The highest BCUT2D eigenvalue weighted by molar-refractivity contribution is 5.99. The molecule has 0 atom stereocenters. The normalized spacial score (nSPS) is 17.1. The Bertz CT molecular complexity index is 511. The number of anilines is 1. The SMILES string of the molecule is CCC1(CNC(=O)c2cc(F)c(F)cc2N)CCCC1. The Hall–Kier alpha value is -1.65. The predicted octanol–water partition coefficient (Wildman–Crippen LogP) is 3.25. The molecule has 5 heteroatoms. The van der Waals surface area contributed by atoms with Gasteiger partial charge in [0.05, 0.1) is 5.56 Å². The second-order valence-corrected chi connectivity index (χ2v) is 5.60. The topological polar surface area (TPSA) is 55.1 Å². The molecule has 0 bridgehead atoms. The minimum absolute atomic E-state index is 0.00634. The number of nitrogens with one attached hydrogen (secondary N) is 1. The summed E-state index contributed by atoms with van der Waals surface area (Å²) in [5.41, 5.74) is 5.67. The predicted molar refractivity (Wildman–Crippen MR) is 74.3 cm³/mol. The summed E-state index contributed by atoms with van der Waals surface area (Å²) in [6.07, 6.45) is 5.54. The summed E-state index contributed by atoms with van der Waals surface area (Å²) in [4.78, 5) is 12.1. The highest BCUT2D eigenvalue weighted by Crippen LogP contribution is 2.40. The van der Waals surface area contributed by atoms with E-state index >= 15 is 0 Å². The van der Waals surface area contributed by atoms with Crippen molar-refractivity contribution in [3.63, 3.8) is 0 Å². The van der Waals surface area contributed by atoms with Crippen molar-refractivity contribution in [3.8, 4) is 0 Å². The van der Waals surface area contributed by atoms with Crippen molar-refractivity contribution in [1.29, 1.82) is 0 Å². The largest absolute Gasteiger partial charge is 0.398 e. The molecule has 0 aromatic heterocycles. The van der Waals surface area contributed by atoms with Crippen molar-refractivity contribution in [1.82, 2.24) is 5.32 Å². The first kappa shape index (κ1) is 14.8. The van der Waals surface area contributed by atoms with Gasteiger partial charge in [0, 0.05) is 18.3 Å². The van der Waals surface area contributed by atoms with E-state index in [2.05, 4.69) is 12.2 Å². The Morgan fingerprint density at radius 1 is 1.30 bits per heavy atom. The number of carbonyl (C=O) groups is 1. The lowest BCUT2D eigenvalue weighted by molar-refractivity contribution is 0.0929. The Morgan fingerprint density at radius 3 is 2.50 bits per heavy atom. The van der Waals surface area contributed by atoms with E-state index < -0.39 is 17.5 Å². The van der Waals surface area contributed by atoms with Gasteiger partial charge in [0.2, 0.25) is 0 Å². The van der Waals surface area contributed by atoms with Gasteiger partial charge in [-0.1, -0.05) is 19.8 Å². The minimum atomic E-state index is -1.06. The lowest BCUT2D eigenvalue weighted by atomic mass is 9.83. The van der Waals surface area contributed by atoms with Crippen LogP contribution in [0.15, 0.2) is 12.1 Å². The molecule has 3 nitrogen and oxygen atoms in total. The lowest BCUT2D eigenvalue weighted by Crippen LogP contribution is -2.36. The molecule has 1 aromatic rings. The smallest absolute Gasteiger partial charge is 0.253 e. The molecule has 0 saturated heterocycles. The molecule has 0 unspecified atom stereocenters. The highest BCUT2D eigenvalue weighted by atomic mass is 19.2. The van der Waals surface area contributed by atoms with Crippen molar-refractivity contribution < 1.29 is 13.6 Å². The van der Waals surface area contributed by atoms with Gasteiger partial charge in [-0.15, -0.1) is 0 Å². The summed E-state index contributed by atoms with van der Waals surface area (Å²) in [6, 6.07) is 1.70. The van der Waals surface area contributed by atoms with Crippen LogP contribution in [0, 0.1) is 17.0 Å². The molecule has 0 spiro atoms. The zero-order chi connectivity index (χ0) is 14.8. The van der Waals surface area contributed by atoms with Crippen molar-refractivity contribution in [3.05, 3.63) is 29.3 Å². The zero-order valence-corrected chi connectivity index (χ0v) is 11.6. The molecule has 1 saturated carbocycles. The molecule has 1 fully saturated rings. The molecule has 2 rings (SSSR count). The standard InChI is InChI=1S/C15H20F2N2O/c1-2-15(5-3-4-6-15)9-19-14(20)10-7-11(16)12(17)8-13(10)18/h7-8H,2-6,9,18H2,1H3,(H,19,20). The van der Waals surface area contributed by atoms with Crippen molar-refractivity contribution in [2.45, 2.75) is 39.0 Å². The van der Waals surface area contributed by atoms with E-state index in [9.17, 15) is 13.6 Å². The summed E-state index contributed by atoms with van der Waals surface area (Å²) < 4.78 is 26.2. The number of nitrogens with two attached hydrogens (primary N) is 1. The summed E-state index contributed by atoms with van der Waals surface area (Å²) in [5, 5.41) is 2.81. The Kier molecular flexibility index (Phi) is 4.26. The van der Waals surface area contributed by atoms with Crippen molar-refractivity contribution >= 4 is 11.6 Å². The first-order valence-corrected chi connectivity index (χ1v) is 7.00. The Balaban J connectivity index is 2.07. The minimum Gasteiger partial charge on any atom is -0.398 e. The first-order valence-electron chi connectivity index (χ1n) is 7.00. The number of hydrogen-bond donors (Lipinski definition) is 2. The second kappa shape index (κ2) is 5.77. The highest BCUT2D eigenvalue weighted by Gasteiger charge is 2.32. The van der Waals surface area contributed by atoms with Crippen LogP contribution < -0.4 is 11.1 Å². The van der Waals surface area contributed by atoms with Crippen LogP contribution >= 0.6 is 0 Å². The van der Waals surface area contributed by atoms with Gasteiger partial charge in [0.1, 0.15) is 0 Å². The van der Waals surface area contributed by atoms with Crippen LogP contribution in [-0.2, 0) is 0 Å². The van der Waals surface area contributed by atoms with Crippen molar-refractivity contribution in [2.75, 3.05) is 12.3 Å². The third-order valence-corrected chi connectivity index (χ3v) is 4.38. The molecule has 1 amide bonds. The molecule has 110 valence electrons. The molecular formula is C15H20F2N2O. The number of carbonyl (C=O) groups excluding carboxylic acids is 1. The molecule has 3 N–H and O–H groups in total. The van der Waals surface area contributed by atoms with Crippen LogP contribution in [0.5, 0.6) is 0 Å². The molecule has 1 aliphatic rings. The molecule has 0 aliphatic heterocycles. The van der Waals surface area contributed by atoms with E-state index in [0.717, 1.165) is 31.4 Å². The van der Waals surface area contributed by atoms with Crippen molar-refractivity contribution in [2.24, 2.45) is 5.41 Å². The van der Waals surface area contributed by atoms with Crippen LogP contribution in [0.1, 0.15) is 49.4 Å². The number of nitrogen functional groups attached to an aromatic ring is 1. The molecular weight excluding hydrogens is 262 g/mol. The Morgan fingerprint density at radius 2 is 1.90 bits per heavy atom. The van der Waals surface area contributed by atoms with E-state index in [4.69, 9.17) is 5.73 Å². The zero-order valence-electron chi connectivity index (χ0n) is 11.6. The van der Waals surface area contributed by atoms with Gasteiger partial charge >= 0.3 is 0 Å². The monoisotopic (exact) mass is 282 g/mol. The number of rotatable bonds is 4. The Labute approximate surface area is 117 Å². The van der Waals surface area contributed by atoms with Gasteiger partial charge in [0.25, 0.3) is 5.91 Å². The van der Waals surface area contributed by atoms with E-state index in [1.165, 1.54) is 12.8 Å². The maximum atomic E-state index is 13.2. The molecule has 0 heterocycles. The fraction of sp³-hybridized carbons (Fsp3) is 0.533. The molecule has 1 aliphatic carbocycles. The van der Waals surface area contributed by atoms with E-state index in [-0.39, 0.29) is 16.7 Å². The summed E-state index contributed by atoms with van der Waals surface area (Å²) in [7, 11) is 0. The maximum Gasteiger partial charge on any atom is 0.253 e. The van der Waals surface area contributed by atoms with Gasteiger partial charge in [0.15, 0.2) is 11.6 Å². The average Bonchev–Trinajstić information content (AvgIpc) is 2.90. The number of hydrogen-bond acceptors (Lipinski definition) is 2. The quantitative estimate of drug-likeness (QED) is 0.833. The average molecular weight is 282 g/mol. The summed E-state index contributed by atoms with van der Waals surface area (Å²) in [5.74, 6) is -2.54. The number of benzene rings is 1. The molecule has 1 aromatic carbocycles. The van der Waals surface area contributed by atoms with Crippen LogP contribution in [-0.4, -0.2) is 12.5 Å². The van der Waals surface area contributed by atoms with Gasteiger partial charge in [-0.3, -0.25) is 4.79 Å². The van der Waals surface area contributed by atoms with E-state index in [1.807, 2.05) is 0 Å².